The lowest BCUT2D eigenvalue weighted by atomic mass is 9.80. The van der Waals surface area contributed by atoms with Crippen molar-refractivity contribution in [2.75, 3.05) is 27.1 Å². The maximum absolute atomic E-state index is 11.3. The van der Waals surface area contributed by atoms with Crippen molar-refractivity contribution in [3.63, 3.8) is 0 Å². The van der Waals surface area contributed by atoms with Gasteiger partial charge >= 0.3 is 0 Å². The molecule has 0 radical (unpaired) electrons. The van der Waals surface area contributed by atoms with Crippen LogP contribution in [0.4, 0.5) is 0 Å². The minimum Gasteiger partial charge on any atom is -0.394 e. The van der Waals surface area contributed by atoms with Crippen LogP contribution in [-0.2, 0) is 19.0 Å². The first-order valence-corrected chi connectivity index (χ1v) is 6.61. The van der Waals surface area contributed by atoms with Crippen LogP contribution in [0.5, 0.6) is 0 Å². The Morgan fingerprint density at radius 2 is 2.00 bits per heavy atom. The van der Waals surface area contributed by atoms with Gasteiger partial charge in [0.2, 0.25) is 5.91 Å². The molecular weight excluding hydrogens is 250 g/mol. The number of carbonyl (C=O) groups is 1. The molecule has 0 spiro atoms. The second kappa shape index (κ2) is 7.79. The SMILES string of the molecule is COCOC[C@@H]1O[C@H](CO)[C@H](C)[C@@H](C)[C@H]1NC(C)=O. The molecule has 0 unspecified atom stereocenters. The lowest BCUT2D eigenvalue weighted by Gasteiger charge is -2.44. The Morgan fingerprint density at radius 1 is 1.32 bits per heavy atom. The average molecular weight is 275 g/mol. The Bertz CT molecular complexity index is 286. The molecule has 1 heterocycles. The number of ether oxygens (including phenoxy) is 3. The molecule has 5 atom stereocenters. The standard InChI is InChI=1S/C13H25NO5/c1-8-9(2)13(14-10(3)16)12(6-18-7-17-4)19-11(8)5-15/h8-9,11-13,15H,5-7H2,1-4H3,(H,14,16)/t8-,9-,11-,12+,13-/m1/s1. The zero-order chi connectivity index (χ0) is 14.4. The van der Waals surface area contributed by atoms with Crippen LogP contribution in [0.1, 0.15) is 20.8 Å². The topological polar surface area (TPSA) is 77.0 Å². The van der Waals surface area contributed by atoms with Crippen LogP contribution >= 0.6 is 0 Å². The Morgan fingerprint density at radius 3 is 2.53 bits per heavy atom. The summed E-state index contributed by atoms with van der Waals surface area (Å²) in [5.74, 6) is 0.276. The summed E-state index contributed by atoms with van der Waals surface area (Å²) in [6.07, 6.45) is -0.501. The van der Waals surface area contributed by atoms with Crippen LogP contribution in [0.15, 0.2) is 0 Å². The normalized spacial score (nSPS) is 35.1. The summed E-state index contributed by atoms with van der Waals surface area (Å²) in [4.78, 5) is 11.3. The Hall–Kier alpha value is -0.690. The number of methoxy groups -OCH3 is 1. The summed E-state index contributed by atoms with van der Waals surface area (Å²) in [5, 5.41) is 12.3. The number of hydrogen-bond donors (Lipinski definition) is 2. The number of amides is 1. The van der Waals surface area contributed by atoms with Gasteiger partial charge in [0.05, 0.1) is 25.4 Å². The number of rotatable bonds is 6. The van der Waals surface area contributed by atoms with Crippen molar-refractivity contribution in [2.45, 2.75) is 39.0 Å². The van der Waals surface area contributed by atoms with Crippen LogP contribution in [-0.4, -0.2) is 56.4 Å². The van der Waals surface area contributed by atoms with E-state index < -0.39 is 0 Å². The molecule has 1 rings (SSSR count). The number of hydrogen-bond acceptors (Lipinski definition) is 5. The van der Waals surface area contributed by atoms with Crippen LogP contribution in [0.2, 0.25) is 0 Å². The number of aliphatic hydroxyl groups is 1. The summed E-state index contributed by atoms with van der Waals surface area (Å²) < 4.78 is 16.0. The van der Waals surface area contributed by atoms with Gasteiger partial charge in [0, 0.05) is 14.0 Å². The largest absolute Gasteiger partial charge is 0.394 e. The molecule has 0 aliphatic carbocycles. The maximum Gasteiger partial charge on any atom is 0.217 e. The maximum atomic E-state index is 11.3. The van der Waals surface area contributed by atoms with E-state index in [0.717, 1.165) is 0 Å². The fraction of sp³-hybridized carbons (Fsp3) is 0.923. The molecule has 6 heteroatoms. The van der Waals surface area contributed by atoms with Crippen molar-refractivity contribution in [1.82, 2.24) is 5.32 Å². The molecule has 0 aromatic heterocycles. The fourth-order valence-electron chi connectivity index (χ4n) is 2.50. The molecule has 0 aromatic carbocycles. The van der Waals surface area contributed by atoms with Gasteiger partial charge in [-0.1, -0.05) is 13.8 Å². The molecule has 0 aromatic rings. The van der Waals surface area contributed by atoms with E-state index in [1.54, 1.807) is 7.11 Å². The van der Waals surface area contributed by atoms with Crippen molar-refractivity contribution in [3.8, 4) is 0 Å². The third-order valence-electron chi connectivity index (χ3n) is 3.77. The lowest BCUT2D eigenvalue weighted by Crippen LogP contribution is -2.58. The van der Waals surface area contributed by atoms with Crippen molar-refractivity contribution < 1.29 is 24.1 Å². The zero-order valence-electron chi connectivity index (χ0n) is 12.1. The smallest absolute Gasteiger partial charge is 0.217 e. The zero-order valence-corrected chi connectivity index (χ0v) is 12.1. The molecule has 1 aliphatic rings. The predicted molar refractivity (Wildman–Crippen MR) is 69.5 cm³/mol. The summed E-state index contributed by atoms with van der Waals surface area (Å²) in [6, 6.07) is -0.118. The number of aliphatic hydroxyl groups excluding tert-OH is 1. The van der Waals surface area contributed by atoms with Gasteiger partial charge in [0.1, 0.15) is 12.9 Å². The van der Waals surface area contributed by atoms with Gasteiger partial charge in [-0.25, -0.2) is 0 Å². The van der Waals surface area contributed by atoms with Crippen LogP contribution in [0, 0.1) is 11.8 Å². The van der Waals surface area contributed by atoms with Crippen molar-refractivity contribution >= 4 is 5.91 Å². The van der Waals surface area contributed by atoms with Gasteiger partial charge in [-0.15, -0.1) is 0 Å². The fourth-order valence-corrected chi connectivity index (χ4v) is 2.50. The van der Waals surface area contributed by atoms with Crippen LogP contribution in [0.3, 0.4) is 0 Å². The van der Waals surface area contributed by atoms with Gasteiger partial charge in [0.15, 0.2) is 0 Å². The van der Waals surface area contributed by atoms with Crippen molar-refractivity contribution in [3.05, 3.63) is 0 Å². The Balaban J connectivity index is 2.71. The molecular formula is C13H25NO5. The highest BCUT2D eigenvalue weighted by Gasteiger charge is 2.41. The molecule has 2 N–H and O–H groups in total. The van der Waals surface area contributed by atoms with Gasteiger partial charge < -0.3 is 24.6 Å². The second-order valence-corrected chi connectivity index (χ2v) is 5.12. The second-order valence-electron chi connectivity index (χ2n) is 5.12. The molecule has 1 saturated heterocycles. The van der Waals surface area contributed by atoms with E-state index >= 15 is 0 Å². The first-order chi connectivity index (χ1) is 9.01. The Kier molecular flexibility index (Phi) is 6.71. The third-order valence-corrected chi connectivity index (χ3v) is 3.77. The van der Waals surface area contributed by atoms with Gasteiger partial charge in [-0.2, -0.15) is 0 Å². The summed E-state index contributed by atoms with van der Waals surface area (Å²) >= 11 is 0. The highest BCUT2D eigenvalue weighted by Crippen LogP contribution is 2.30. The van der Waals surface area contributed by atoms with E-state index in [1.165, 1.54) is 6.92 Å². The highest BCUT2D eigenvalue weighted by molar-refractivity contribution is 5.73. The number of carbonyl (C=O) groups excluding carboxylic acids is 1. The van der Waals surface area contributed by atoms with Gasteiger partial charge in [0.25, 0.3) is 0 Å². The molecule has 0 bridgehead atoms. The van der Waals surface area contributed by atoms with Crippen molar-refractivity contribution in [1.29, 1.82) is 0 Å². The van der Waals surface area contributed by atoms with Crippen LogP contribution < -0.4 is 5.32 Å². The van der Waals surface area contributed by atoms with E-state index in [-0.39, 0.29) is 49.4 Å². The minimum atomic E-state index is -0.276. The average Bonchev–Trinajstić information content (AvgIpc) is 2.37. The van der Waals surface area contributed by atoms with E-state index in [9.17, 15) is 9.90 Å². The monoisotopic (exact) mass is 275 g/mol. The molecule has 112 valence electrons. The van der Waals surface area contributed by atoms with Crippen LogP contribution in [0.25, 0.3) is 0 Å². The highest BCUT2D eigenvalue weighted by atomic mass is 16.7. The van der Waals surface area contributed by atoms with E-state index in [4.69, 9.17) is 14.2 Å². The summed E-state index contributed by atoms with van der Waals surface area (Å²) in [6.45, 7) is 6.04. The lowest BCUT2D eigenvalue weighted by molar-refractivity contribution is -0.170. The first-order valence-electron chi connectivity index (χ1n) is 6.61. The molecule has 6 nitrogen and oxygen atoms in total. The van der Waals surface area contributed by atoms with Gasteiger partial charge in [-0.05, 0) is 11.8 Å². The van der Waals surface area contributed by atoms with E-state index in [2.05, 4.69) is 12.2 Å². The molecule has 1 amide bonds. The summed E-state index contributed by atoms with van der Waals surface area (Å²) in [5.41, 5.74) is 0. The third kappa shape index (κ3) is 4.42. The van der Waals surface area contributed by atoms with E-state index in [1.807, 2.05) is 6.92 Å². The molecule has 0 saturated carbocycles. The van der Waals surface area contributed by atoms with Crippen molar-refractivity contribution in [2.24, 2.45) is 11.8 Å². The van der Waals surface area contributed by atoms with E-state index in [0.29, 0.717) is 6.61 Å². The minimum absolute atomic E-state index is 0.0287. The first kappa shape index (κ1) is 16.4. The number of nitrogens with one attached hydrogen (secondary N) is 1. The Labute approximate surface area is 114 Å². The van der Waals surface area contributed by atoms with Gasteiger partial charge in [-0.3, -0.25) is 4.79 Å². The molecule has 1 fully saturated rings. The molecule has 19 heavy (non-hydrogen) atoms. The quantitative estimate of drug-likeness (QED) is 0.533. The molecule has 1 aliphatic heterocycles. The summed E-state index contributed by atoms with van der Waals surface area (Å²) in [7, 11) is 1.55. The predicted octanol–water partition coefficient (Wildman–Crippen LogP) is 0.144.